The minimum Gasteiger partial charge on any atom is -0.348 e. The van der Waals surface area contributed by atoms with Crippen LogP contribution in [0.25, 0.3) is 10.1 Å². The molecule has 0 saturated heterocycles. The molecule has 7 heteroatoms. The third-order valence-electron chi connectivity index (χ3n) is 3.49. The molecule has 1 aliphatic heterocycles. The van der Waals surface area contributed by atoms with Crippen LogP contribution in [0.4, 0.5) is 0 Å². The summed E-state index contributed by atoms with van der Waals surface area (Å²) in [6.45, 7) is 2.34. The number of amides is 1. The summed E-state index contributed by atoms with van der Waals surface area (Å²) < 4.78 is 0.814. The quantitative estimate of drug-likeness (QED) is 0.775. The highest BCUT2D eigenvalue weighted by atomic mass is 35.5. The second kappa shape index (κ2) is 6.77. The molecule has 0 unspecified atom stereocenters. The first kappa shape index (κ1) is 16.1. The normalized spacial score (nSPS) is 15.0. The third-order valence-corrected chi connectivity index (χ3v) is 5.63. The molecule has 3 nitrogen and oxygen atoms in total. The molecule has 1 aromatic carbocycles. The van der Waals surface area contributed by atoms with E-state index in [1.807, 2.05) is 0 Å². The average molecular weight is 376 g/mol. The van der Waals surface area contributed by atoms with Gasteiger partial charge >= 0.3 is 0 Å². The molecule has 0 atom stereocenters. The highest BCUT2D eigenvalue weighted by Crippen LogP contribution is 2.41. The lowest BCUT2D eigenvalue weighted by atomic mass is 10.1. The van der Waals surface area contributed by atoms with Crippen LogP contribution in [0.1, 0.15) is 16.1 Å². The van der Waals surface area contributed by atoms with Gasteiger partial charge < -0.3 is 10.6 Å². The molecule has 2 heterocycles. The van der Waals surface area contributed by atoms with Crippen molar-refractivity contribution in [3.8, 4) is 0 Å². The molecule has 1 amide bonds. The lowest BCUT2D eigenvalue weighted by Crippen LogP contribution is -2.29. The van der Waals surface area contributed by atoms with Gasteiger partial charge in [0.2, 0.25) is 0 Å². The first-order valence-electron chi connectivity index (χ1n) is 6.80. The average Bonchev–Trinajstić information content (AvgIpc) is 2.83. The molecule has 0 fully saturated rings. The number of thiophene rings is 1. The maximum Gasteiger partial charge on any atom is 0.263 e. The van der Waals surface area contributed by atoms with E-state index in [1.165, 1.54) is 16.9 Å². The van der Waals surface area contributed by atoms with Crippen LogP contribution in [-0.4, -0.2) is 25.5 Å². The Morgan fingerprint density at radius 3 is 2.86 bits per heavy atom. The van der Waals surface area contributed by atoms with Crippen molar-refractivity contribution in [2.24, 2.45) is 0 Å². The molecule has 0 aliphatic carbocycles. The second-order valence-electron chi connectivity index (χ2n) is 5.01. The van der Waals surface area contributed by atoms with Gasteiger partial charge in [-0.2, -0.15) is 0 Å². The lowest BCUT2D eigenvalue weighted by molar-refractivity contribution is 0.0961. The number of benzene rings is 1. The molecule has 22 heavy (non-hydrogen) atoms. The molecule has 116 valence electrons. The molecule has 0 bridgehead atoms. The van der Waals surface area contributed by atoms with Crippen LogP contribution in [0.5, 0.6) is 0 Å². The largest absolute Gasteiger partial charge is 0.348 e. The Bertz CT molecular complexity index is 770. The van der Waals surface area contributed by atoms with E-state index in [4.69, 9.17) is 34.8 Å². The highest BCUT2D eigenvalue weighted by Gasteiger charge is 2.19. The zero-order chi connectivity index (χ0) is 15.7. The number of hydrogen-bond acceptors (Lipinski definition) is 3. The fourth-order valence-electron chi connectivity index (χ4n) is 2.36. The Morgan fingerprint density at radius 2 is 2.14 bits per heavy atom. The van der Waals surface area contributed by atoms with Crippen LogP contribution in [0.3, 0.4) is 0 Å². The van der Waals surface area contributed by atoms with Crippen molar-refractivity contribution >= 4 is 62.1 Å². The summed E-state index contributed by atoms with van der Waals surface area (Å²) in [5.41, 5.74) is 1.23. The molecule has 0 spiro atoms. The minimum atomic E-state index is -0.183. The van der Waals surface area contributed by atoms with E-state index in [1.54, 1.807) is 12.1 Å². The molecule has 2 aromatic rings. The Morgan fingerprint density at radius 1 is 1.32 bits per heavy atom. The van der Waals surface area contributed by atoms with Crippen LogP contribution in [-0.2, 0) is 0 Å². The standard InChI is InChI=1S/C15H13Cl3N2OS/c16-9-5-10(17)12-11(6-9)22-14(13(12)18)15(21)20-7-8-1-3-19-4-2-8/h1,5-6,19H,2-4,7H2,(H,20,21). The van der Waals surface area contributed by atoms with Gasteiger partial charge in [-0.05, 0) is 25.1 Å². The first-order chi connectivity index (χ1) is 10.6. The maximum atomic E-state index is 12.4. The summed E-state index contributed by atoms with van der Waals surface area (Å²) in [6.07, 6.45) is 3.05. The van der Waals surface area contributed by atoms with E-state index in [0.717, 1.165) is 24.2 Å². The van der Waals surface area contributed by atoms with Gasteiger partial charge in [-0.15, -0.1) is 11.3 Å². The smallest absolute Gasteiger partial charge is 0.263 e. The van der Waals surface area contributed by atoms with Crippen LogP contribution in [0.15, 0.2) is 23.8 Å². The van der Waals surface area contributed by atoms with Crippen molar-refractivity contribution in [3.63, 3.8) is 0 Å². The van der Waals surface area contributed by atoms with Gasteiger partial charge in [0.1, 0.15) is 4.88 Å². The predicted molar refractivity (Wildman–Crippen MR) is 94.8 cm³/mol. The minimum absolute atomic E-state index is 0.183. The Hall–Kier alpha value is -0.780. The van der Waals surface area contributed by atoms with Gasteiger partial charge in [0.05, 0.1) is 10.0 Å². The summed E-state index contributed by atoms with van der Waals surface area (Å²) in [4.78, 5) is 12.8. The SMILES string of the molecule is O=C(NCC1=CCNCC1)c1sc2cc(Cl)cc(Cl)c2c1Cl. The molecule has 1 aliphatic rings. The highest BCUT2D eigenvalue weighted by molar-refractivity contribution is 7.21. The van der Waals surface area contributed by atoms with Crippen LogP contribution in [0, 0.1) is 0 Å². The number of fused-ring (bicyclic) bond motifs is 1. The van der Waals surface area contributed by atoms with Crippen LogP contribution in [0.2, 0.25) is 15.1 Å². The van der Waals surface area contributed by atoms with Gasteiger partial charge in [-0.1, -0.05) is 46.5 Å². The number of carbonyl (C=O) groups is 1. The topological polar surface area (TPSA) is 41.1 Å². The van der Waals surface area contributed by atoms with Crippen molar-refractivity contribution in [1.29, 1.82) is 0 Å². The third kappa shape index (κ3) is 3.26. The predicted octanol–water partition coefficient (Wildman–Crippen LogP) is 4.51. The van der Waals surface area contributed by atoms with E-state index < -0.39 is 0 Å². The van der Waals surface area contributed by atoms with Gasteiger partial charge in [-0.3, -0.25) is 4.79 Å². The van der Waals surface area contributed by atoms with Gasteiger partial charge in [-0.25, -0.2) is 0 Å². The van der Waals surface area contributed by atoms with Crippen molar-refractivity contribution < 1.29 is 4.79 Å². The van der Waals surface area contributed by atoms with Crippen molar-refractivity contribution in [1.82, 2.24) is 10.6 Å². The Labute approximate surface area is 147 Å². The van der Waals surface area contributed by atoms with E-state index in [-0.39, 0.29) is 5.91 Å². The monoisotopic (exact) mass is 374 g/mol. The number of halogens is 3. The molecule has 0 saturated carbocycles. The number of rotatable bonds is 3. The maximum absolute atomic E-state index is 12.4. The van der Waals surface area contributed by atoms with Gasteiger partial charge in [0.25, 0.3) is 5.91 Å². The van der Waals surface area contributed by atoms with Crippen molar-refractivity contribution in [2.75, 3.05) is 19.6 Å². The summed E-state index contributed by atoms with van der Waals surface area (Å²) in [7, 11) is 0. The van der Waals surface area contributed by atoms with Gasteiger partial charge in [0.15, 0.2) is 0 Å². The zero-order valence-corrected chi connectivity index (χ0v) is 14.6. The first-order valence-corrected chi connectivity index (χ1v) is 8.75. The number of carbonyl (C=O) groups excluding carboxylic acids is 1. The fourth-order valence-corrected chi connectivity index (χ4v) is 4.66. The molecular formula is C15H13Cl3N2OS. The Balaban J connectivity index is 1.83. The van der Waals surface area contributed by atoms with E-state index in [0.29, 0.717) is 31.9 Å². The second-order valence-corrected chi connectivity index (χ2v) is 7.28. The summed E-state index contributed by atoms with van der Waals surface area (Å²) in [6, 6.07) is 3.40. The molecule has 3 rings (SSSR count). The summed E-state index contributed by atoms with van der Waals surface area (Å²) in [5, 5.41) is 8.22. The molecule has 1 aromatic heterocycles. The van der Waals surface area contributed by atoms with Crippen molar-refractivity contribution in [2.45, 2.75) is 6.42 Å². The van der Waals surface area contributed by atoms with Crippen LogP contribution >= 0.6 is 46.1 Å². The van der Waals surface area contributed by atoms with E-state index in [9.17, 15) is 4.79 Å². The summed E-state index contributed by atoms with van der Waals surface area (Å²) >= 11 is 19.8. The van der Waals surface area contributed by atoms with Gasteiger partial charge in [0, 0.05) is 28.2 Å². The fraction of sp³-hybridized carbons (Fsp3) is 0.267. The molecule has 0 radical (unpaired) electrons. The summed E-state index contributed by atoms with van der Waals surface area (Å²) in [5.74, 6) is -0.183. The molecule has 2 N–H and O–H groups in total. The van der Waals surface area contributed by atoms with E-state index in [2.05, 4.69) is 16.7 Å². The lowest BCUT2D eigenvalue weighted by Gasteiger charge is -2.14. The van der Waals surface area contributed by atoms with Crippen molar-refractivity contribution in [3.05, 3.63) is 43.7 Å². The number of nitrogens with one attached hydrogen (secondary N) is 2. The zero-order valence-electron chi connectivity index (χ0n) is 11.5. The molecular weight excluding hydrogens is 363 g/mol. The van der Waals surface area contributed by atoms with E-state index >= 15 is 0 Å². The van der Waals surface area contributed by atoms with Crippen LogP contribution < -0.4 is 10.6 Å². The Kier molecular flexibility index (Phi) is 4.95. The number of hydrogen-bond donors (Lipinski definition) is 2.